The third-order valence-electron chi connectivity index (χ3n) is 3.58. The number of halogens is 1. The van der Waals surface area contributed by atoms with Gasteiger partial charge in [0, 0.05) is 19.5 Å². The van der Waals surface area contributed by atoms with Crippen LogP contribution in [0.15, 0.2) is 0 Å². The van der Waals surface area contributed by atoms with Gasteiger partial charge in [-0.2, -0.15) is 5.10 Å². The quantitative estimate of drug-likeness (QED) is 0.417. The maximum Gasteiger partial charge on any atom is 0.0850 e. The van der Waals surface area contributed by atoms with E-state index < -0.39 is 0 Å². The minimum Gasteiger partial charge on any atom is -0.271 e. The number of aromatic nitrogens is 2. The first-order valence-corrected chi connectivity index (χ1v) is 7.68. The summed E-state index contributed by atoms with van der Waals surface area (Å²) in [5.41, 5.74) is 4.96. The average Bonchev–Trinajstić information content (AvgIpc) is 2.69. The minimum atomic E-state index is 0.273. The van der Waals surface area contributed by atoms with Crippen LogP contribution in [0.25, 0.3) is 0 Å². The van der Waals surface area contributed by atoms with Crippen molar-refractivity contribution in [2.45, 2.75) is 64.8 Å². The number of nitrogens with two attached hydrogens (primary N) is 1. The highest BCUT2D eigenvalue weighted by atomic mass is 35.5. The van der Waals surface area contributed by atoms with Crippen LogP contribution in [0, 0.1) is 0 Å². The lowest BCUT2D eigenvalue weighted by molar-refractivity contribution is 0.453. The standard InChI is InChI=1S/C14H27ClN4/c1-4-6-7-8-9-11(17-16)10-13-14(15)12(5-2)18-19(13)3/h11,17H,4-10,16H2,1-3H3. The summed E-state index contributed by atoms with van der Waals surface area (Å²) in [5, 5.41) is 5.25. The molecular weight excluding hydrogens is 260 g/mol. The average molecular weight is 287 g/mol. The van der Waals surface area contributed by atoms with Crippen molar-refractivity contribution in [3.63, 3.8) is 0 Å². The molecule has 0 aliphatic rings. The first kappa shape index (κ1) is 16.5. The van der Waals surface area contributed by atoms with E-state index in [1.807, 2.05) is 11.7 Å². The fourth-order valence-electron chi connectivity index (χ4n) is 2.34. The second kappa shape index (κ2) is 8.56. The molecule has 1 aromatic heterocycles. The van der Waals surface area contributed by atoms with Gasteiger partial charge in [0.2, 0.25) is 0 Å². The van der Waals surface area contributed by atoms with Crippen molar-refractivity contribution in [2.75, 3.05) is 0 Å². The molecule has 5 heteroatoms. The Morgan fingerprint density at radius 2 is 2.05 bits per heavy atom. The predicted molar refractivity (Wildman–Crippen MR) is 81.2 cm³/mol. The summed E-state index contributed by atoms with van der Waals surface area (Å²) in [4.78, 5) is 0. The van der Waals surface area contributed by atoms with Gasteiger partial charge in [-0.15, -0.1) is 0 Å². The van der Waals surface area contributed by atoms with Crippen LogP contribution in [0.4, 0.5) is 0 Å². The van der Waals surface area contributed by atoms with Gasteiger partial charge in [-0.1, -0.05) is 51.1 Å². The smallest absolute Gasteiger partial charge is 0.0850 e. The molecule has 3 N–H and O–H groups in total. The third-order valence-corrected chi connectivity index (χ3v) is 4.02. The summed E-state index contributed by atoms with van der Waals surface area (Å²) in [6, 6.07) is 0.273. The van der Waals surface area contributed by atoms with Gasteiger partial charge in [0.15, 0.2) is 0 Å². The van der Waals surface area contributed by atoms with Crippen molar-refractivity contribution in [1.82, 2.24) is 15.2 Å². The Labute approximate surface area is 121 Å². The molecule has 1 rings (SSSR count). The normalized spacial score (nSPS) is 12.9. The molecule has 19 heavy (non-hydrogen) atoms. The molecule has 1 aromatic rings. The molecule has 0 saturated carbocycles. The van der Waals surface area contributed by atoms with Gasteiger partial charge >= 0.3 is 0 Å². The summed E-state index contributed by atoms with van der Waals surface area (Å²) in [7, 11) is 1.95. The van der Waals surface area contributed by atoms with Crippen LogP contribution in [0.3, 0.4) is 0 Å². The van der Waals surface area contributed by atoms with E-state index in [0.717, 1.165) is 35.7 Å². The highest BCUT2D eigenvalue weighted by Gasteiger charge is 2.17. The molecule has 0 saturated heterocycles. The number of aryl methyl sites for hydroxylation is 2. The first-order valence-electron chi connectivity index (χ1n) is 7.30. The van der Waals surface area contributed by atoms with Gasteiger partial charge in [0.25, 0.3) is 0 Å². The van der Waals surface area contributed by atoms with Crippen LogP contribution in [0.1, 0.15) is 57.3 Å². The molecule has 0 amide bonds. The van der Waals surface area contributed by atoms with E-state index >= 15 is 0 Å². The monoisotopic (exact) mass is 286 g/mol. The fourth-order valence-corrected chi connectivity index (χ4v) is 2.71. The largest absolute Gasteiger partial charge is 0.271 e. The molecular formula is C14H27ClN4. The van der Waals surface area contributed by atoms with Crippen LogP contribution in [-0.2, 0) is 19.9 Å². The van der Waals surface area contributed by atoms with Gasteiger partial charge in [-0.3, -0.25) is 16.0 Å². The molecule has 0 fully saturated rings. The van der Waals surface area contributed by atoms with Gasteiger partial charge in [0.05, 0.1) is 16.4 Å². The van der Waals surface area contributed by atoms with E-state index in [1.54, 1.807) is 0 Å². The third kappa shape index (κ3) is 4.79. The van der Waals surface area contributed by atoms with Crippen LogP contribution in [0.5, 0.6) is 0 Å². The molecule has 0 aliphatic carbocycles. The topological polar surface area (TPSA) is 55.9 Å². The van der Waals surface area contributed by atoms with E-state index in [9.17, 15) is 0 Å². The molecule has 4 nitrogen and oxygen atoms in total. The summed E-state index contributed by atoms with van der Waals surface area (Å²) < 4.78 is 1.89. The van der Waals surface area contributed by atoms with Crippen LogP contribution in [-0.4, -0.2) is 15.8 Å². The zero-order valence-corrected chi connectivity index (χ0v) is 13.1. The lowest BCUT2D eigenvalue weighted by atomic mass is 10.0. The molecule has 110 valence electrons. The van der Waals surface area contributed by atoms with E-state index in [0.29, 0.717) is 0 Å². The van der Waals surface area contributed by atoms with E-state index in [-0.39, 0.29) is 6.04 Å². The lowest BCUT2D eigenvalue weighted by Crippen LogP contribution is -2.37. The first-order chi connectivity index (χ1) is 9.13. The van der Waals surface area contributed by atoms with Crippen molar-refractivity contribution in [3.8, 4) is 0 Å². The second-order valence-corrected chi connectivity index (χ2v) is 5.48. The maximum atomic E-state index is 6.36. The van der Waals surface area contributed by atoms with E-state index in [1.165, 1.54) is 25.7 Å². The van der Waals surface area contributed by atoms with Crippen molar-refractivity contribution < 1.29 is 0 Å². The van der Waals surface area contributed by atoms with E-state index in [2.05, 4.69) is 24.4 Å². The second-order valence-electron chi connectivity index (χ2n) is 5.10. The zero-order chi connectivity index (χ0) is 14.3. The van der Waals surface area contributed by atoms with Gasteiger partial charge in [-0.25, -0.2) is 0 Å². The van der Waals surface area contributed by atoms with Crippen molar-refractivity contribution in [1.29, 1.82) is 0 Å². The van der Waals surface area contributed by atoms with Crippen LogP contribution >= 0.6 is 11.6 Å². The van der Waals surface area contributed by atoms with Gasteiger partial charge < -0.3 is 0 Å². The summed E-state index contributed by atoms with van der Waals surface area (Å²) >= 11 is 6.36. The van der Waals surface area contributed by atoms with Crippen molar-refractivity contribution >= 4 is 11.6 Å². The summed E-state index contributed by atoms with van der Waals surface area (Å²) in [6.07, 6.45) is 7.82. The number of nitrogens with zero attached hydrogens (tertiary/aromatic N) is 2. The zero-order valence-electron chi connectivity index (χ0n) is 12.4. The SMILES string of the molecule is CCCCCCC(Cc1c(Cl)c(CC)nn1C)NN. The van der Waals surface area contributed by atoms with Gasteiger partial charge in [0.1, 0.15) is 0 Å². The van der Waals surface area contributed by atoms with Crippen molar-refractivity contribution in [2.24, 2.45) is 12.9 Å². The van der Waals surface area contributed by atoms with E-state index in [4.69, 9.17) is 17.4 Å². The number of hydrazine groups is 1. The summed E-state index contributed by atoms with van der Waals surface area (Å²) in [5.74, 6) is 5.65. The molecule has 0 aliphatic heterocycles. The number of hydrogen-bond donors (Lipinski definition) is 2. The Hall–Kier alpha value is -0.580. The Morgan fingerprint density at radius 3 is 2.58 bits per heavy atom. The summed E-state index contributed by atoms with van der Waals surface area (Å²) in [6.45, 7) is 4.29. The number of unbranched alkanes of at least 4 members (excludes halogenated alkanes) is 3. The maximum absolute atomic E-state index is 6.36. The van der Waals surface area contributed by atoms with Crippen LogP contribution < -0.4 is 11.3 Å². The fraction of sp³-hybridized carbons (Fsp3) is 0.786. The minimum absolute atomic E-state index is 0.273. The van der Waals surface area contributed by atoms with Crippen molar-refractivity contribution in [3.05, 3.63) is 16.4 Å². The molecule has 1 unspecified atom stereocenters. The van der Waals surface area contributed by atoms with Crippen LogP contribution in [0.2, 0.25) is 5.02 Å². The Bertz CT molecular complexity index is 376. The Morgan fingerprint density at radius 1 is 1.32 bits per heavy atom. The molecule has 1 atom stereocenters. The highest BCUT2D eigenvalue weighted by molar-refractivity contribution is 6.31. The number of hydrogen-bond acceptors (Lipinski definition) is 3. The molecule has 0 bridgehead atoms. The lowest BCUT2D eigenvalue weighted by Gasteiger charge is -2.16. The highest BCUT2D eigenvalue weighted by Crippen LogP contribution is 2.23. The Kier molecular flexibility index (Phi) is 7.42. The predicted octanol–water partition coefficient (Wildman–Crippen LogP) is 2.98. The molecule has 1 heterocycles. The molecule has 0 aromatic carbocycles. The van der Waals surface area contributed by atoms with Gasteiger partial charge in [-0.05, 0) is 12.8 Å². The molecule has 0 radical (unpaired) electrons. The number of rotatable bonds is 9. The molecule has 0 spiro atoms. The number of nitrogens with one attached hydrogen (secondary N) is 1. The Balaban J connectivity index is 2.57.